The fourth-order valence-corrected chi connectivity index (χ4v) is 3.29. The molecular weight excluding hydrogens is 250 g/mol. The van der Waals surface area contributed by atoms with Crippen LogP contribution < -0.4 is 0 Å². The van der Waals surface area contributed by atoms with Crippen molar-refractivity contribution in [2.24, 2.45) is 5.92 Å². The minimum Gasteiger partial charge on any atom is -0.303 e. The van der Waals surface area contributed by atoms with Crippen molar-refractivity contribution in [3.63, 3.8) is 0 Å². The normalized spacial score (nSPS) is 24.1. The second-order valence-corrected chi connectivity index (χ2v) is 7.71. The highest BCUT2D eigenvalue weighted by molar-refractivity contribution is 5.50. The van der Waals surface area contributed by atoms with Crippen molar-refractivity contribution in [2.45, 2.75) is 83.9 Å². The molecule has 0 radical (unpaired) electrons. The van der Waals surface area contributed by atoms with Gasteiger partial charge in [-0.2, -0.15) is 5.06 Å². The Bertz CT molecular complexity index is 342. The van der Waals surface area contributed by atoms with Gasteiger partial charge in [-0.1, -0.05) is 6.08 Å². The average molecular weight is 281 g/mol. The van der Waals surface area contributed by atoms with Crippen LogP contribution in [-0.4, -0.2) is 28.0 Å². The molecule has 1 atom stereocenters. The van der Waals surface area contributed by atoms with Gasteiger partial charge in [0.1, 0.15) is 6.29 Å². The zero-order chi connectivity index (χ0) is 15.6. The highest BCUT2D eigenvalue weighted by Gasteiger charge is 2.46. The smallest absolute Gasteiger partial charge is 0.120 e. The van der Waals surface area contributed by atoms with E-state index in [0.717, 1.165) is 19.1 Å². The van der Waals surface area contributed by atoms with Gasteiger partial charge >= 0.3 is 0 Å². The topological polar surface area (TPSA) is 29.5 Å². The summed E-state index contributed by atoms with van der Waals surface area (Å²) in [4.78, 5) is 17.3. The summed E-state index contributed by atoms with van der Waals surface area (Å²) in [7, 11) is 0. The Labute approximate surface area is 124 Å². The van der Waals surface area contributed by atoms with Crippen LogP contribution in [0.25, 0.3) is 0 Å². The van der Waals surface area contributed by atoms with Gasteiger partial charge in [-0.05, 0) is 60.8 Å². The molecule has 3 heteroatoms. The summed E-state index contributed by atoms with van der Waals surface area (Å²) in [6.45, 7) is 16.9. The van der Waals surface area contributed by atoms with E-state index in [-0.39, 0.29) is 17.0 Å². The largest absolute Gasteiger partial charge is 0.303 e. The number of carbonyl (C=O) groups is 1. The second kappa shape index (κ2) is 5.98. The molecule has 116 valence electrons. The molecule has 0 spiro atoms. The molecule has 0 saturated carbocycles. The molecule has 0 amide bonds. The molecule has 1 fully saturated rings. The maximum absolute atomic E-state index is 10.9. The molecule has 0 N–H and O–H groups in total. The lowest BCUT2D eigenvalue weighted by Crippen LogP contribution is -2.61. The van der Waals surface area contributed by atoms with Crippen molar-refractivity contribution >= 4 is 6.29 Å². The van der Waals surface area contributed by atoms with Gasteiger partial charge in [0.25, 0.3) is 0 Å². The van der Waals surface area contributed by atoms with Gasteiger partial charge in [0, 0.05) is 23.4 Å². The summed E-state index contributed by atoms with van der Waals surface area (Å²) < 4.78 is 0. The number of hydrogen-bond acceptors (Lipinski definition) is 3. The Morgan fingerprint density at radius 1 is 1.25 bits per heavy atom. The minimum atomic E-state index is -0.436. The number of hydrogen-bond donors (Lipinski definition) is 0. The Morgan fingerprint density at radius 3 is 2.15 bits per heavy atom. The quantitative estimate of drug-likeness (QED) is 0.541. The van der Waals surface area contributed by atoms with E-state index in [9.17, 15) is 4.79 Å². The van der Waals surface area contributed by atoms with E-state index in [1.54, 1.807) is 0 Å². The number of piperidine rings is 1. The van der Waals surface area contributed by atoms with E-state index in [1.165, 1.54) is 6.42 Å². The van der Waals surface area contributed by atoms with Crippen molar-refractivity contribution in [3.8, 4) is 0 Å². The van der Waals surface area contributed by atoms with Crippen molar-refractivity contribution in [1.82, 2.24) is 5.06 Å². The molecule has 1 rings (SSSR count). The summed E-state index contributed by atoms with van der Waals surface area (Å²) in [5.41, 5.74) is -0.424. The van der Waals surface area contributed by atoms with E-state index >= 15 is 0 Å². The first-order chi connectivity index (χ1) is 9.07. The third-order valence-electron chi connectivity index (χ3n) is 4.53. The summed E-state index contributed by atoms with van der Waals surface area (Å²) in [5, 5.41) is 2.16. The van der Waals surface area contributed by atoms with E-state index in [4.69, 9.17) is 4.84 Å². The van der Waals surface area contributed by atoms with E-state index < -0.39 is 5.60 Å². The predicted octanol–water partition coefficient (Wildman–Crippen LogP) is 4.13. The van der Waals surface area contributed by atoms with Crippen LogP contribution >= 0.6 is 0 Å². The van der Waals surface area contributed by atoms with E-state index in [0.29, 0.717) is 6.42 Å². The van der Waals surface area contributed by atoms with Crippen LogP contribution in [0.15, 0.2) is 12.7 Å². The molecule has 1 aliphatic heterocycles. The molecule has 0 aromatic heterocycles. The Balaban J connectivity index is 2.97. The van der Waals surface area contributed by atoms with Gasteiger partial charge in [0.05, 0.1) is 5.60 Å². The zero-order valence-electron chi connectivity index (χ0n) is 14.0. The van der Waals surface area contributed by atoms with Gasteiger partial charge in [-0.25, -0.2) is 0 Å². The minimum absolute atomic E-state index is 0.00587. The predicted molar refractivity (Wildman–Crippen MR) is 83.4 cm³/mol. The molecule has 3 nitrogen and oxygen atoms in total. The lowest BCUT2D eigenvalue weighted by atomic mass is 9.81. The highest BCUT2D eigenvalue weighted by atomic mass is 16.7. The number of hydroxylamine groups is 2. The summed E-state index contributed by atoms with van der Waals surface area (Å²) in [6.07, 6.45) is 6.70. The van der Waals surface area contributed by atoms with Crippen LogP contribution in [0.1, 0.15) is 67.2 Å². The first-order valence-electron chi connectivity index (χ1n) is 7.62. The van der Waals surface area contributed by atoms with Crippen molar-refractivity contribution < 1.29 is 9.63 Å². The van der Waals surface area contributed by atoms with Crippen molar-refractivity contribution in [1.29, 1.82) is 0 Å². The third-order valence-corrected chi connectivity index (χ3v) is 4.53. The molecule has 0 aromatic carbocycles. The van der Waals surface area contributed by atoms with Crippen LogP contribution in [0, 0.1) is 5.92 Å². The SMILES string of the molecule is C=C[C@@H](CC=O)C(C)(C)ON1C(C)(C)CCCC1(C)C. The molecule has 0 bridgehead atoms. The molecule has 0 aromatic rings. The average Bonchev–Trinajstić information content (AvgIpc) is 2.30. The number of rotatable bonds is 6. The molecule has 0 unspecified atom stereocenters. The second-order valence-electron chi connectivity index (χ2n) is 7.71. The highest BCUT2D eigenvalue weighted by Crippen LogP contribution is 2.41. The molecule has 20 heavy (non-hydrogen) atoms. The molecule has 0 aliphatic carbocycles. The van der Waals surface area contributed by atoms with Gasteiger partial charge in [0.15, 0.2) is 0 Å². The first-order valence-corrected chi connectivity index (χ1v) is 7.62. The fraction of sp³-hybridized carbons (Fsp3) is 0.824. The van der Waals surface area contributed by atoms with E-state index in [2.05, 4.69) is 39.3 Å². The van der Waals surface area contributed by atoms with Gasteiger partial charge < -0.3 is 4.79 Å². The van der Waals surface area contributed by atoms with Crippen molar-refractivity contribution in [3.05, 3.63) is 12.7 Å². The van der Waals surface area contributed by atoms with E-state index in [1.807, 2.05) is 19.9 Å². The van der Waals surface area contributed by atoms with Gasteiger partial charge in [0.2, 0.25) is 0 Å². The van der Waals surface area contributed by atoms with Crippen LogP contribution in [0.5, 0.6) is 0 Å². The van der Waals surface area contributed by atoms with Crippen LogP contribution in [-0.2, 0) is 9.63 Å². The van der Waals surface area contributed by atoms with Crippen LogP contribution in [0.4, 0.5) is 0 Å². The molecule has 1 heterocycles. The summed E-state index contributed by atoms with van der Waals surface area (Å²) in [5.74, 6) is 0.0218. The third kappa shape index (κ3) is 3.70. The summed E-state index contributed by atoms with van der Waals surface area (Å²) in [6, 6.07) is 0. The number of nitrogens with zero attached hydrogens (tertiary/aromatic N) is 1. The zero-order valence-corrected chi connectivity index (χ0v) is 14.0. The lowest BCUT2D eigenvalue weighted by molar-refractivity contribution is -0.335. The van der Waals surface area contributed by atoms with Crippen LogP contribution in [0.2, 0.25) is 0 Å². The number of carbonyl (C=O) groups excluding carboxylic acids is 1. The van der Waals surface area contributed by atoms with Gasteiger partial charge in [-0.3, -0.25) is 4.84 Å². The first kappa shape index (κ1) is 17.4. The maximum atomic E-state index is 10.9. The lowest BCUT2D eigenvalue weighted by Gasteiger charge is -2.54. The molecule has 1 aliphatic rings. The Kier molecular flexibility index (Phi) is 5.20. The number of aldehydes is 1. The molecular formula is C17H31NO2. The standard InChI is InChI=1S/C17H31NO2/c1-8-14(10-13-19)17(6,7)20-18-15(2,3)11-9-12-16(18,4)5/h8,13-14H,1,9-12H2,2-7H3/t14-/m0/s1. The monoisotopic (exact) mass is 281 g/mol. The van der Waals surface area contributed by atoms with Crippen molar-refractivity contribution in [2.75, 3.05) is 0 Å². The Morgan fingerprint density at radius 2 is 1.75 bits per heavy atom. The molecule has 1 saturated heterocycles. The maximum Gasteiger partial charge on any atom is 0.120 e. The van der Waals surface area contributed by atoms with Gasteiger partial charge in [-0.15, -0.1) is 6.58 Å². The van der Waals surface area contributed by atoms with Crippen LogP contribution in [0.3, 0.4) is 0 Å². The summed E-state index contributed by atoms with van der Waals surface area (Å²) >= 11 is 0. The fourth-order valence-electron chi connectivity index (χ4n) is 3.29. The Hall–Kier alpha value is -0.670.